The van der Waals surface area contributed by atoms with Gasteiger partial charge in [-0.15, -0.1) is 0 Å². The summed E-state index contributed by atoms with van der Waals surface area (Å²) >= 11 is 1.30. The van der Waals surface area contributed by atoms with Crippen LogP contribution >= 0.6 is 11.8 Å². The van der Waals surface area contributed by atoms with Gasteiger partial charge in [-0.1, -0.05) is 30.7 Å². The van der Waals surface area contributed by atoms with Crippen molar-refractivity contribution in [3.05, 3.63) is 52.9 Å². The van der Waals surface area contributed by atoms with Gasteiger partial charge in [0.25, 0.3) is 0 Å². The van der Waals surface area contributed by atoms with Gasteiger partial charge in [0.1, 0.15) is 5.76 Å². The first-order valence-electron chi connectivity index (χ1n) is 14.2. The molecule has 0 spiro atoms. The number of ether oxygens (including phenoxy) is 1. The second-order valence-corrected chi connectivity index (χ2v) is 12.0. The zero-order valence-electron chi connectivity index (χ0n) is 23.0. The molecule has 0 amide bonds. The molecule has 39 heavy (non-hydrogen) atoms. The molecule has 2 aliphatic heterocycles. The number of nitrogens with zero attached hydrogens (tertiary/aromatic N) is 2. The Labute approximate surface area is 233 Å². The van der Waals surface area contributed by atoms with Crippen LogP contribution in [0.25, 0.3) is 10.9 Å². The number of fused-ring (bicyclic) bond motifs is 1. The number of aromatic nitrogens is 1. The summed E-state index contributed by atoms with van der Waals surface area (Å²) in [5.74, 6) is 0.976. The van der Waals surface area contributed by atoms with Gasteiger partial charge in [0.15, 0.2) is 0 Å². The highest BCUT2D eigenvalue weighted by Crippen LogP contribution is 2.37. The number of pyridine rings is 1. The van der Waals surface area contributed by atoms with Gasteiger partial charge in [-0.05, 0) is 95.3 Å². The predicted molar refractivity (Wildman–Crippen MR) is 152 cm³/mol. The number of nitrogens with one attached hydrogen (secondary N) is 1. The summed E-state index contributed by atoms with van der Waals surface area (Å²) < 4.78 is 46.0. The molecule has 1 aromatic heterocycles. The van der Waals surface area contributed by atoms with Crippen LogP contribution in [-0.4, -0.2) is 59.6 Å². The molecule has 9 heteroatoms. The fourth-order valence-corrected chi connectivity index (χ4v) is 6.58. The van der Waals surface area contributed by atoms with Gasteiger partial charge in [0.2, 0.25) is 5.12 Å². The molecule has 3 heterocycles. The topological polar surface area (TPSA) is 54.5 Å². The summed E-state index contributed by atoms with van der Waals surface area (Å²) in [5.41, 5.74) is 1.47. The third kappa shape index (κ3) is 8.21. The largest absolute Gasteiger partial charge is 0.496 e. The molecule has 0 radical (unpaired) electrons. The van der Waals surface area contributed by atoms with Crippen molar-refractivity contribution in [2.24, 2.45) is 0 Å². The average Bonchev–Trinajstić information content (AvgIpc) is 3.07. The smallest absolute Gasteiger partial charge is 0.416 e. The molecule has 2 aliphatic rings. The average molecular weight is 564 g/mol. The van der Waals surface area contributed by atoms with Crippen molar-refractivity contribution in [1.29, 1.82) is 0 Å². The van der Waals surface area contributed by atoms with Crippen LogP contribution in [0.5, 0.6) is 0 Å². The number of benzene rings is 1. The molecule has 1 N–H and O–H groups in total. The molecule has 2 unspecified atom stereocenters. The van der Waals surface area contributed by atoms with Crippen LogP contribution in [0.2, 0.25) is 0 Å². The second-order valence-electron chi connectivity index (χ2n) is 10.6. The SMILES string of the molecule is CC1=C(OCCCC(CCCCCN2CCCNCC2)c2ccnc3cc(C(F)(F)F)ccc23)C(C)SC1=O. The van der Waals surface area contributed by atoms with Crippen LogP contribution in [0.15, 0.2) is 41.8 Å². The van der Waals surface area contributed by atoms with Gasteiger partial charge in [0.05, 0.1) is 22.9 Å². The highest BCUT2D eigenvalue weighted by molar-refractivity contribution is 8.15. The molecule has 214 valence electrons. The number of carbonyl (C=O) groups excluding carboxylic acids is 1. The molecule has 1 aromatic carbocycles. The van der Waals surface area contributed by atoms with Crippen LogP contribution in [0.4, 0.5) is 13.2 Å². The summed E-state index contributed by atoms with van der Waals surface area (Å²) in [6.07, 6.45) is 4.40. The summed E-state index contributed by atoms with van der Waals surface area (Å²) in [7, 11) is 0. The lowest BCUT2D eigenvalue weighted by Crippen LogP contribution is -2.29. The Morgan fingerprint density at radius 3 is 2.72 bits per heavy atom. The van der Waals surface area contributed by atoms with Crippen molar-refractivity contribution in [2.45, 2.75) is 76.1 Å². The quantitative estimate of drug-likeness (QED) is 0.283. The summed E-state index contributed by atoms with van der Waals surface area (Å²) in [6.45, 7) is 9.83. The van der Waals surface area contributed by atoms with Crippen molar-refractivity contribution in [3.63, 3.8) is 0 Å². The Hall–Kier alpha value is -2.10. The van der Waals surface area contributed by atoms with E-state index in [0.29, 0.717) is 17.7 Å². The summed E-state index contributed by atoms with van der Waals surface area (Å²) in [6, 6.07) is 5.86. The Morgan fingerprint density at radius 2 is 1.95 bits per heavy atom. The van der Waals surface area contributed by atoms with E-state index >= 15 is 0 Å². The lowest BCUT2D eigenvalue weighted by Gasteiger charge is -2.21. The van der Waals surface area contributed by atoms with E-state index in [1.54, 1.807) is 12.3 Å². The maximum Gasteiger partial charge on any atom is 0.416 e. The fraction of sp³-hybridized carbons (Fsp3) is 0.600. The molecule has 2 atom stereocenters. The number of hydrogen-bond donors (Lipinski definition) is 1. The van der Waals surface area contributed by atoms with Crippen LogP contribution in [-0.2, 0) is 15.7 Å². The van der Waals surface area contributed by atoms with Gasteiger partial charge in [-0.2, -0.15) is 13.2 Å². The molecule has 1 saturated heterocycles. The monoisotopic (exact) mass is 563 g/mol. The number of halogens is 3. The minimum absolute atomic E-state index is 0.0419. The highest BCUT2D eigenvalue weighted by atomic mass is 32.2. The third-order valence-electron chi connectivity index (χ3n) is 7.79. The van der Waals surface area contributed by atoms with Crippen molar-refractivity contribution in [1.82, 2.24) is 15.2 Å². The van der Waals surface area contributed by atoms with Gasteiger partial charge >= 0.3 is 6.18 Å². The highest BCUT2D eigenvalue weighted by Gasteiger charge is 2.31. The number of hydrogen-bond acceptors (Lipinski definition) is 6. The maximum atomic E-state index is 13.3. The van der Waals surface area contributed by atoms with Crippen molar-refractivity contribution < 1.29 is 22.7 Å². The second kappa shape index (κ2) is 14.0. The number of thioether (sulfide) groups is 1. The number of unbranched alkanes of at least 4 members (excludes halogenated alkanes) is 2. The van der Waals surface area contributed by atoms with Crippen molar-refractivity contribution >= 4 is 27.8 Å². The molecular weight excluding hydrogens is 523 g/mol. The number of carbonyl (C=O) groups is 1. The van der Waals surface area contributed by atoms with Gasteiger partial charge in [-0.3, -0.25) is 9.78 Å². The van der Waals surface area contributed by atoms with Crippen LogP contribution in [0.1, 0.15) is 75.8 Å². The zero-order valence-corrected chi connectivity index (χ0v) is 23.8. The first-order chi connectivity index (χ1) is 18.7. The standard InChI is InChI=1S/C30H40F3N3O2S/c1-21-28(22(2)39-29(21)37)38-19-6-9-23(8-4-3-5-16-36-17-7-13-34-15-18-36)25-12-14-35-27-20-24(30(31,32)33)10-11-26(25)27/h10-12,14,20,22-23,34H,3-9,13,15-19H2,1-2H3. The van der Waals surface area contributed by atoms with Crippen molar-refractivity contribution in [3.8, 4) is 0 Å². The Kier molecular flexibility index (Phi) is 10.7. The van der Waals surface area contributed by atoms with E-state index < -0.39 is 11.7 Å². The normalized spacial score (nSPS) is 20.0. The van der Waals surface area contributed by atoms with Gasteiger partial charge in [0, 0.05) is 30.2 Å². The Bertz CT molecular complexity index is 1150. The summed E-state index contributed by atoms with van der Waals surface area (Å²) in [4.78, 5) is 18.8. The van der Waals surface area contributed by atoms with E-state index in [1.165, 1.54) is 18.2 Å². The number of rotatable bonds is 12. The molecule has 0 saturated carbocycles. The number of alkyl halides is 3. The molecule has 0 aliphatic carbocycles. The minimum atomic E-state index is -4.39. The van der Waals surface area contributed by atoms with E-state index in [-0.39, 0.29) is 16.3 Å². The van der Waals surface area contributed by atoms with Crippen LogP contribution in [0, 0.1) is 0 Å². The minimum Gasteiger partial charge on any atom is -0.496 e. The van der Waals surface area contributed by atoms with Crippen LogP contribution < -0.4 is 5.32 Å². The molecule has 0 bridgehead atoms. The molecular formula is C30H40F3N3O2S. The lowest BCUT2D eigenvalue weighted by atomic mass is 9.87. The Balaban J connectivity index is 1.40. The zero-order chi connectivity index (χ0) is 27.8. The van der Waals surface area contributed by atoms with E-state index in [2.05, 4.69) is 15.2 Å². The maximum absolute atomic E-state index is 13.3. The molecule has 1 fully saturated rings. The predicted octanol–water partition coefficient (Wildman–Crippen LogP) is 6.93. The summed E-state index contributed by atoms with van der Waals surface area (Å²) in [5, 5.41) is 4.36. The fourth-order valence-electron chi connectivity index (χ4n) is 5.63. The van der Waals surface area contributed by atoms with E-state index in [9.17, 15) is 18.0 Å². The van der Waals surface area contributed by atoms with Gasteiger partial charge < -0.3 is 15.0 Å². The van der Waals surface area contributed by atoms with E-state index in [1.807, 2.05) is 19.9 Å². The molecule has 2 aromatic rings. The van der Waals surface area contributed by atoms with Gasteiger partial charge in [-0.25, -0.2) is 0 Å². The lowest BCUT2D eigenvalue weighted by molar-refractivity contribution is -0.137. The molecule has 4 rings (SSSR count). The van der Waals surface area contributed by atoms with Crippen LogP contribution in [0.3, 0.4) is 0 Å². The van der Waals surface area contributed by atoms with E-state index in [0.717, 1.165) is 100 Å². The molecule has 5 nitrogen and oxygen atoms in total. The van der Waals surface area contributed by atoms with Crippen molar-refractivity contribution in [2.75, 3.05) is 39.3 Å². The van der Waals surface area contributed by atoms with E-state index in [4.69, 9.17) is 4.74 Å². The third-order valence-corrected chi connectivity index (χ3v) is 8.87. The first kappa shape index (κ1) is 29.9. The first-order valence-corrected chi connectivity index (χ1v) is 15.1. The Morgan fingerprint density at radius 1 is 1.13 bits per heavy atom.